The van der Waals surface area contributed by atoms with Crippen molar-refractivity contribution >= 4 is 5.69 Å². The fourth-order valence-corrected chi connectivity index (χ4v) is 2.81. The molecule has 0 aromatic heterocycles. The summed E-state index contributed by atoms with van der Waals surface area (Å²) >= 11 is 0. The molecule has 2 rings (SSSR count). The van der Waals surface area contributed by atoms with Crippen LogP contribution in [0.15, 0.2) is 24.3 Å². The second-order valence-corrected chi connectivity index (χ2v) is 5.50. The van der Waals surface area contributed by atoms with Crippen molar-refractivity contribution in [2.24, 2.45) is 5.73 Å². The fourth-order valence-electron chi connectivity index (χ4n) is 2.81. The van der Waals surface area contributed by atoms with Crippen molar-refractivity contribution in [1.29, 1.82) is 0 Å². The Balaban J connectivity index is 2.12. The van der Waals surface area contributed by atoms with Crippen LogP contribution in [-0.4, -0.2) is 12.6 Å². The van der Waals surface area contributed by atoms with Crippen molar-refractivity contribution in [2.75, 3.05) is 11.4 Å². The third-order valence-electron chi connectivity index (χ3n) is 4.15. The topological polar surface area (TPSA) is 29.3 Å². The highest BCUT2D eigenvalue weighted by Gasteiger charge is 2.17. The molecule has 0 amide bonds. The van der Waals surface area contributed by atoms with E-state index in [2.05, 4.69) is 43.0 Å². The van der Waals surface area contributed by atoms with Gasteiger partial charge in [-0.1, -0.05) is 31.9 Å². The summed E-state index contributed by atoms with van der Waals surface area (Å²) in [5.41, 5.74) is 8.67. The van der Waals surface area contributed by atoms with E-state index in [-0.39, 0.29) is 6.04 Å². The Morgan fingerprint density at radius 3 is 2.61 bits per heavy atom. The van der Waals surface area contributed by atoms with Crippen LogP contribution in [0.25, 0.3) is 0 Å². The highest BCUT2D eigenvalue weighted by atomic mass is 15.2. The SMILES string of the molecule is CC[C@H](N)c1ccc(N2CCCCCC2C)cc1. The molecule has 1 aliphatic rings. The summed E-state index contributed by atoms with van der Waals surface area (Å²) in [6.45, 7) is 5.67. The molecule has 0 bridgehead atoms. The zero-order valence-electron chi connectivity index (χ0n) is 11.7. The standard InChI is InChI=1S/C16H26N2/c1-3-16(17)14-8-10-15(11-9-14)18-12-6-4-5-7-13(18)2/h8-11,13,16H,3-7,12,17H2,1-2H3/t13?,16-/m0/s1. The Morgan fingerprint density at radius 1 is 1.22 bits per heavy atom. The average Bonchev–Trinajstić information content (AvgIpc) is 2.63. The maximum Gasteiger partial charge on any atom is 0.0368 e. The lowest BCUT2D eigenvalue weighted by Gasteiger charge is -2.29. The van der Waals surface area contributed by atoms with Crippen LogP contribution in [-0.2, 0) is 0 Å². The van der Waals surface area contributed by atoms with Crippen molar-refractivity contribution < 1.29 is 0 Å². The molecule has 1 unspecified atom stereocenters. The minimum absolute atomic E-state index is 0.181. The van der Waals surface area contributed by atoms with E-state index in [1.807, 2.05) is 0 Å². The van der Waals surface area contributed by atoms with Gasteiger partial charge in [0.25, 0.3) is 0 Å². The molecule has 0 saturated carbocycles. The van der Waals surface area contributed by atoms with Crippen LogP contribution in [0.1, 0.15) is 57.6 Å². The van der Waals surface area contributed by atoms with Gasteiger partial charge in [0.2, 0.25) is 0 Å². The zero-order valence-corrected chi connectivity index (χ0v) is 11.7. The van der Waals surface area contributed by atoms with Gasteiger partial charge >= 0.3 is 0 Å². The molecule has 1 aromatic rings. The van der Waals surface area contributed by atoms with Crippen LogP contribution in [0.4, 0.5) is 5.69 Å². The Kier molecular flexibility index (Phi) is 4.65. The number of nitrogens with zero attached hydrogens (tertiary/aromatic N) is 1. The summed E-state index contributed by atoms with van der Waals surface area (Å²) in [7, 11) is 0. The summed E-state index contributed by atoms with van der Waals surface area (Å²) in [6, 6.07) is 9.72. The van der Waals surface area contributed by atoms with Gasteiger partial charge in [0.15, 0.2) is 0 Å². The lowest BCUT2D eigenvalue weighted by molar-refractivity contribution is 0.616. The van der Waals surface area contributed by atoms with E-state index in [0.717, 1.165) is 6.42 Å². The molecule has 1 aromatic carbocycles. The van der Waals surface area contributed by atoms with Gasteiger partial charge in [0.05, 0.1) is 0 Å². The first-order valence-corrected chi connectivity index (χ1v) is 7.34. The first-order valence-electron chi connectivity index (χ1n) is 7.34. The van der Waals surface area contributed by atoms with E-state index in [4.69, 9.17) is 5.73 Å². The first-order chi connectivity index (χ1) is 8.72. The fraction of sp³-hybridized carbons (Fsp3) is 0.625. The van der Waals surface area contributed by atoms with E-state index < -0.39 is 0 Å². The summed E-state index contributed by atoms with van der Waals surface area (Å²) in [5.74, 6) is 0. The molecule has 1 saturated heterocycles. The van der Waals surface area contributed by atoms with Crippen LogP contribution in [0.3, 0.4) is 0 Å². The normalized spacial score (nSPS) is 22.6. The van der Waals surface area contributed by atoms with Gasteiger partial charge in [0.1, 0.15) is 0 Å². The number of hydrogen-bond acceptors (Lipinski definition) is 2. The zero-order chi connectivity index (χ0) is 13.0. The first kappa shape index (κ1) is 13.4. The molecule has 0 aliphatic carbocycles. The molecule has 2 heteroatoms. The van der Waals surface area contributed by atoms with Gasteiger partial charge in [0, 0.05) is 24.3 Å². The van der Waals surface area contributed by atoms with Gasteiger partial charge in [-0.3, -0.25) is 0 Å². The molecular weight excluding hydrogens is 220 g/mol. The highest BCUT2D eigenvalue weighted by molar-refractivity contribution is 5.49. The molecular formula is C16H26N2. The van der Waals surface area contributed by atoms with E-state index >= 15 is 0 Å². The quantitative estimate of drug-likeness (QED) is 0.877. The Labute approximate surface area is 111 Å². The van der Waals surface area contributed by atoms with Gasteiger partial charge in [-0.25, -0.2) is 0 Å². The van der Waals surface area contributed by atoms with Crippen molar-refractivity contribution in [3.05, 3.63) is 29.8 Å². The Morgan fingerprint density at radius 2 is 1.94 bits per heavy atom. The minimum Gasteiger partial charge on any atom is -0.369 e. The largest absolute Gasteiger partial charge is 0.369 e. The van der Waals surface area contributed by atoms with Gasteiger partial charge in [-0.05, 0) is 43.9 Å². The van der Waals surface area contributed by atoms with Gasteiger partial charge < -0.3 is 10.6 Å². The number of nitrogens with two attached hydrogens (primary N) is 1. The Hall–Kier alpha value is -1.02. The lowest BCUT2D eigenvalue weighted by Crippen LogP contribution is -2.32. The van der Waals surface area contributed by atoms with Crippen LogP contribution >= 0.6 is 0 Å². The summed E-state index contributed by atoms with van der Waals surface area (Å²) < 4.78 is 0. The van der Waals surface area contributed by atoms with Crippen LogP contribution in [0.2, 0.25) is 0 Å². The summed E-state index contributed by atoms with van der Waals surface area (Å²) in [4.78, 5) is 2.55. The average molecular weight is 246 g/mol. The van der Waals surface area contributed by atoms with Crippen molar-refractivity contribution in [3.8, 4) is 0 Å². The molecule has 100 valence electrons. The van der Waals surface area contributed by atoms with Gasteiger partial charge in [-0.15, -0.1) is 0 Å². The molecule has 1 fully saturated rings. The molecule has 2 atom stereocenters. The molecule has 18 heavy (non-hydrogen) atoms. The third kappa shape index (κ3) is 3.05. The second-order valence-electron chi connectivity index (χ2n) is 5.50. The molecule has 1 heterocycles. The van der Waals surface area contributed by atoms with E-state index in [1.165, 1.54) is 43.5 Å². The minimum atomic E-state index is 0.181. The van der Waals surface area contributed by atoms with Crippen LogP contribution < -0.4 is 10.6 Å². The highest BCUT2D eigenvalue weighted by Crippen LogP contribution is 2.25. The summed E-state index contributed by atoms with van der Waals surface area (Å²) in [6.07, 6.45) is 6.38. The lowest BCUT2D eigenvalue weighted by atomic mass is 10.0. The van der Waals surface area contributed by atoms with Crippen LogP contribution in [0.5, 0.6) is 0 Å². The molecule has 2 nitrogen and oxygen atoms in total. The van der Waals surface area contributed by atoms with Gasteiger partial charge in [-0.2, -0.15) is 0 Å². The number of rotatable bonds is 3. The molecule has 2 N–H and O–H groups in total. The molecule has 0 radical (unpaired) electrons. The van der Waals surface area contributed by atoms with Crippen LogP contribution in [0, 0.1) is 0 Å². The molecule has 0 spiro atoms. The van der Waals surface area contributed by atoms with E-state index in [1.54, 1.807) is 0 Å². The second kappa shape index (κ2) is 6.24. The molecule has 1 aliphatic heterocycles. The Bertz CT molecular complexity index is 358. The van der Waals surface area contributed by atoms with Crippen molar-refractivity contribution in [2.45, 2.75) is 58.0 Å². The number of benzene rings is 1. The maximum atomic E-state index is 6.06. The van der Waals surface area contributed by atoms with Crippen molar-refractivity contribution in [3.63, 3.8) is 0 Å². The van der Waals surface area contributed by atoms with E-state index in [9.17, 15) is 0 Å². The smallest absolute Gasteiger partial charge is 0.0368 e. The third-order valence-corrected chi connectivity index (χ3v) is 4.15. The predicted molar refractivity (Wildman–Crippen MR) is 78.9 cm³/mol. The van der Waals surface area contributed by atoms with E-state index in [0.29, 0.717) is 6.04 Å². The monoisotopic (exact) mass is 246 g/mol. The summed E-state index contributed by atoms with van der Waals surface area (Å²) in [5, 5.41) is 0. The predicted octanol–water partition coefficient (Wildman–Crippen LogP) is 3.87. The van der Waals surface area contributed by atoms with Crippen molar-refractivity contribution in [1.82, 2.24) is 0 Å². The maximum absolute atomic E-state index is 6.06. The number of anilines is 1. The number of hydrogen-bond donors (Lipinski definition) is 1.